The molecule has 0 spiro atoms. The molecule has 2 aromatic carbocycles. The standard InChI is InChI=1S/C15H16N2/c1-11-13-9-5-6-10-14(13)17-15(16-11)12-7-3-2-4-8-12/h2-11,15-17H,1H3/t11-,15+/m0/s1. The van der Waals surface area contributed by atoms with Gasteiger partial charge in [0.2, 0.25) is 0 Å². The highest BCUT2D eigenvalue weighted by atomic mass is 15.2. The van der Waals surface area contributed by atoms with E-state index in [9.17, 15) is 0 Å². The molecule has 2 aromatic rings. The third-order valence-corrected chi connectivity index (χ3v) is 3.28. The Morgan fingerprint density at radius 3 is 2.41 bits per heavy atom. The molecule has 0 aromatic heterocycles. The second-order valence-electron chi connectivity index (χ2n) is 4.46. The van der Waals surface area contributed by atoms with Crippen molar-refractivity contribution in [3.63, 3.8) is 0 Å². The van der Waals surface area contributed by atoms with Crippen molar-refractivity contribution >= 4 is 5.69 Å². The molecule has 0 amide bonds. The highest BCUT2D eigenvalue weighted by Crippen LogP contribution is 2.32. The SMILES string of the molecule is C[C@@H]1N[C@@H](c2ccccc2)Nc2ccccc21. The van der Waals surface area contributed by atoms with Gasteiger partial charge in [0.25, 0.3) is 0 Å². The first-order valence-corrected chi connectivity index (χ1v) is 6.01. The van der Waals surface area contributed by atoms with Gasteiger partial charge in [-0.2, -0.15) is 0 Å². The Morgan fingerprint density at radius 1 is 0.882 bits per heavy atom. The summed E-state index contributed by atoms with van der Waals surface area (Å²) in [5, 5.41) is 7.11. The van der Waals surface area contributed by atoms with Crippen molar-refractivity contribution in [2.24, 2.45) is 0 Å². The van der Waals surface area contributed by atoms with Gasteiger partial charge in [0.05, 0.1) is 0 Å². The number of para-hydroxylation sites is 1. The van der Waals surface area contributed by atoms with Gasteiger partial charge in [0, 0.05) is 11.7 Å². The highest BCUT2D eigenvalue weighted by Gasteiger charge is 2.22. The van der Waals surface area contributed by atoms with Gasteiger partial charge in [-0.3, -0.25) is 5.32 Å². The van der Waals surface area contributed by atoms with E-state index in [4.69, 9.17) is 0 Å². The van der Waals surface area contributed by atoms with Crippen LogP contribution in [0.25, 0.3) is 0 Å². The van der Waals surface area contributed by atoms with Crippen molar-refractivity contribution < 1.29 is 0 Å². The van der Waals surface area contributed by atoms with E-state index in [1.165, 1.54) is 16.8 Å². The quantitative estimate of drug-likeness (QED) is 0.775. The molecule has 0 unspecified atom stereocenters. The number of anilines is 1. The summed E-state index contributed by atoms with van der Waals surface area (Å²) in [5.41, 5.74) is 3.83. The number of hydrogen-bond acceptors (Lipinski definition) is 2. The van der Waals surface area contributed by atoms with Crippen LogP contribution in [0.1, 0.15) is 30.3 Å². The molecule has 3 rings (SSSR count). The minimum Gasteiger partial charge on any atom is -0.366 e. The maximum atomic E-state index is 3.58. The lowest BCUT2D eigenvalue weighted by Gasteiger charge is -2.33. The predicted octanol–water partition coefficient (Wildman–Crippen LogP) is 3.46. The second kappa shape index (κ2) is 4.22. The average molecular weight is 224 g/mol. The fourth-order valence-corrected chi connectivity index (χ4v) is 2.37. The fraction of sp³-hybridized carbons (Fsp3) is 0.200. The number of nitrogens with one attached hydrogen (secondary N) is 2. The van der Waals surface area contributed by atoms with Crippen molar-refractivity contribution in [3.8, 4) is 0 Å². The molecule has 2 nitrogen and oxygen atoms in total. The summed E-state index contributed by atoms with van der Waals surface area (Å²) in [6.45, 7) is 2.20. The zero-order valence-electron chi connectivity index (χ0n) is 9.85. The van der Waals surface area contributed by atoms with Gasteiger partial charge in [-0.15, -0.1) is 0 Å². The zero-order chi connectivity index (χ0) is 11.7. The summed E-state index contributed by atoms with van der Waals surface area (Å²) < 4.78 is 0. The molecule has 0 bridgehead atoms. The van der Waals surface area contributed by atoms with Gasteiger partial charge in [-0.05, 0) is 24.1 Å². The van der Waals surface area contributed by atoms with Crippen molar-refractivity contribution in [3.05, 3.63) is 65.7 Å². The third-order valence-electron chi connectivity index (χ3n) is 3.28. The third kappa shape index (κ3) is 1.92. The van der Waals surface area contributed by atoms with Crippen molar-refractivity contribution in [1.82, 2.24) is 5.32 Å². The van der Waals surface area contributed by atoms with Crippen LogP contribution >= 0.6 is 0 Å². The van der Waals surface area contributed by atoms with Crippen LogP contribution in [0.15, 0.2) is 54.6 Å². The summed E-state index contributed by atoms with van der Waals surface area (Å²) >= 11 is 0. The molecule has 0 aliphatic carbocycles. The lowest BCUT2D eigenvalue weighted by Crippen LogP contribution is -2.35. The highest BCUT2D eigenvalue weighted by molar-refractivity contribution is 5.55. The second-order valence-corrected chi connectivity index (χ2v) is 4.46. The van der Waals surface area contributed by atoms with Gasteiger partial charge in [-0.1, -0.05) is 48.5 Å². The normalized spacial score (nSPS) is 22.6. The van der Waals surface area contributed by atoms with E-state index in [2.05, 4.69) is 66.1 Å². The first-order chi connectivity index (χ1) is 8.34. The number of fused-ring (bicyclic) bond motifs is 1. The first kappa shape index (κ1) is 10.4. The molecule has 0 fully saturated rings. The molecule has 0 saturated carbocycles. The summed E-state index contributed by atoms with van der Waals surface area (Å²) in [4.78, 5) is 0. The van der Waals surface area contributed by atoms with Crippen LogP contribution in [0, 0.1) is 0 Å². The lowest BCUT2D eigenvalue weighted by atomic mass is 10.0. The number of rotatable bonds is 1. The number of hydrogen-bond donors (Lipinski definition) is 2. The Bertz CT molecular complexity index is 507. The van der Waals surface area contributed by atoms with Gasteiger partial charge < -0.3 is 5.32 Å². The Labute approximate surface area is 102 Å². The first-order valence-electron chi connectivity index (χ1n) is 6.01. The molecule has 1 aliphatic rings. The Morgan fingerprint density at radius 2 is 1.59 bits per heavy atom. The number of benzene rings is 2. The molecule has 1 heterocycles. The van der Waals surface area contributed by atoms with E-state index >= 15 is 0 Å². The van der Waals surface area contributed by atoms with Crippen molar-refractivity contribution in [2.45, 2.75) is 19.1 Å². The smallest absolute Gasteiger partial charge is 0.104 e. The minimum absolute atomic E-state index is 0.195. The summed E-state index contributed by atoms with van der Waals surface area (Å²) in [7, 11) is 0. The largest absolute Gasteiger partial charge is 0.366 e. The van der Waals surface area contributed by atoms with E-state index in [0.717, 1.165) is 0 Å². The van der Waals surface area contributed by atoms with E-state index in [-0.39, 0.29) is 6.17 Å². The molecule has 0 radical (unpaired) electrons. The molecular weight excluding hydrogens is 208 g/mol. The van der Waals surface area contributed by atoms with Crippen LogP contribution in [0.4, 0.5) is 5.69 Å². The van der Waals surface area contributed by atoms with Gasteiger partial charge in [0.1, 0.15) is 6.17 Å². The summed E-state index contributed by atoms with van der Waals surface area (Å²) in [5.74, 6) is 0. The molecule has 2 heteroatoms. The van der Waals surface area contributed by atoms with E-state index < -0.39 is 0 Å². The van der Waals surface area contributed by atoms with E-state index in [1.807, 2.05) is 6.07 Å². The predicted molar refractivity (Wildman–Crippen MR) is 70.8 cm³/mol. The van der Waals surface area contributed by atoms with Crippen LogP contribution in [-0.4, -0.2) is 0 Å². The Kier molecular flexibility index (Phi) is 2.57. The maximum Gasteiger partial charge on any atom is 0.104 e. The van der Waals surface area contributed by atoms with Crippen LogP contribution in [0.2, 0.25) is 0 Å². The van der Waals surface area contributed by atoms with Crippen LogP contribution in [0.3, 0.4) is 0 Å². The van der Waals surface area contributed by atoms with Gasteiger partial charge in [0.15, 0.2) is 0 Å². The molecular formula is C15H16N2. The van der Waals surface area contributed by atoms with Gasteiger partial charge in [-0.25, -0.2) is 0 Å². The monoisotopic (exact) mass is 224 g/mol. The molecule has 2 atom stereocenters. The molecule has 1 aliphatic heterocycles. The van der Waals surface area contributed by atoms with E-state index in [0.29, 0.717) is 6.04 Å². The average Bonchev–Trinajstić information content (AvgIpc) is 2.40. The van der Waals surface area contributed by atoms with Crippen molar-refractivity contribution in [1.29, 1.82) is 0 Å². The molecule has 17 heavy (non-hydrogen) atoms. The van der Waals surface area contributed by atoms with E-state index in [1.54, 1.807) is 0 Å². The fourth-order valence-electron chi connectivity index (χ4n) is 2.37. The topological polar surface area (TPSA) is 24.1 Å². The maximum absolute atomic E-state index is 3.58. The Balaban J connectivity index is 1.94. The molecule has 86 valence electrons. The van der Waals surface area contributed by atoms with Gasteiger partial charge >= 0.3 is 0 Å². The lowest BCUT2D eigenvalue weighted by molar-refractivity contribution is 0.484. The summed E-state index contributed by atoms with van der Waals surface area (Å²) in [6.07, 6.45) is 0.195. The molecule has 0 saturated heterocycles. The summed E-state index contributed by atoms with van der Waals surface area (Å²) in [6, 6.07) is 19.3. The van der Waals surface area contributed by atoms with Crippen LogP contribution in [-0.2, 0) is 0 Å². The zero-order valence-corrected chi connectivity index (χ0v) is 9.85. The van der Waals surface area contributed by atoms with Crippen LogP contribution in [0.5, 0.6) is 0 Å². The Hall–Kier alpha value is -1.80. The minimum atomic E-state index is 0.195. The van der Waals surface area contributed by atoms with Crippen molar-refractivity contribution in [2.75, 3.05) is 5.32 Å². The van der Waals surface area contributed by atoms with Crippen LogP contribution < -0.4 is 10.6 Å². The molecule has 2 N–H and O–H groups in total.